The van der Waals surface area contributed by atoms with Crippen LogP contribution in [0.4, 0.5) is 0 Å². The molecule has 0 atom stereocenters. The molecule has 0 aliphatic carbocycles. The molecule has 0 aliphatic heterocycles. The third kappa shape index (κ3) is 1.67. The van der Waals surface area contributed by atoms with Crippen molar-refractivity contribution >= 4 is 31.9 Å². The van der Waals surface area contributed by atoms with E-state index in [9.17, 15) is 0 Å². The first-order valence-corrected chi connectivity index (χ1v) is 4.19. The Bertz CT molecular complexity index is 243. The lowest BCUT2D eigenvalue weighted by atomic mass is 10.6. The summed E-state index contributed by atoms with van der Waals surface area (Å²) in [5.41, 5.74) is 0. The van der Waals surface area contributed by atoms with E-state index in [4.69, 9.17) is 0 Å². The van der Waals surface area contributed by atoms with Crippen LogP contribution in [0.5, 0.6) is 0 Å². The lowest BCUT2D eigenvalue weighted by molar-refractivity contribution is 0.679. The minimum atomic E-state index is 0.584. The Kier molecular flexibility index (Phi) is 2.62. The van der Waals surface area contributed by atoms with Gasteiger partial charge in [0.1, 0.15) is 0 Å². The van der Waals surface area contributed by atoms with Crippen molar-refractivity contribution in [3.63, 3.8) is 0 Å². The minimum Gasteiger partial charge on any atom is -0.235 e. The SMILES string of the molecule is C=CCn1nc(Br)nc1Br. The Balaban J connectivity index is 2.91. The van der Waals surface area contributed by atoms with E-state index in [0.29, 0.717) is 16.0 Å². The van der Waals surface area contributed by atoms with Crippen LogP contribution in [0, 0.1) is 0 Å². The summed E-state index contributed by atoms with van der Waals surface area (Å²) in [6.07, 6.45) is 1.76. The predicted molar refractivity (Wildman–Crippen MR) is 45.6 cm³/mol. The first kappa shape index (κ1) is 7.94. The molecule has 0 saturated carbocycles. The van der Waals surface area contributed by atoms with Crippen molar-refractivity contribution in [3.8, 4) is 0 Å². The van der Waals surface area contributed by atoms with Crippen LogP contribution < -0.4 is 0 Å². The van der Waals surface area contributed by atoms with Crippen molar-refractivity contribution in [1.29, 1.82) is 0 Å². The van der Waals surface area contributed by atoms with Gasteiger partial charge in [-0.2, -0.15) is 4.98 Å². The van der Waals surface area contributed by atoms with E-state index < -0.39 is 0 Å². The normalized spacial score (nSPS) is 9.80. The van der Waals surface area contributed by atoms with Gasteiger partial charge in [-0.15, -0.1) is 11.7 Å². The molecule has 0 spiro atoms. The highest BCUT2D eigenvalue weighted by atomic mass is 79.9. The van der Waals surface area contributed by atoms with Gasteiger partial charge >= 0.3 is 0 Å². The Morgan fingerprint density at radius 2 is 2.30 bits per heavy atom. The third-order valence-electron chi connectivity index (χ3n) is 0.903. The van der Waals surface area contributed by atoms with Crippen LogP contribution in [0.2, 0.25) is 0 Å². The van der Waals surface area contributed by atoms with Gasteiger partial charge in [0.15, 0.2) is 4.73 Å². The molecular formula is C5H5Br2N3. The number of aromatic nitrogens is 3. The lowest BCUT2D eigenvalue weighted by Gasteiger charge is -1.92. The molecule has 5 heteroatoms. The highest BCUT2D eigenvalue weighted by Crippen LogP contribution is 2.10. The Morgan fingerprint density at radius 3 is 2.70 bits per heavy atom. The molecule has 0 aromatic carbocycles. The molecule has 0 radical (unpaired) electrons. The van der Waals surface area contributed by atoms with Crippen LogP contribution in [0.25, 0.3) is 0 Å². The molecule has 0 bridgehead atoms. The van der Waals surface area contributed by atoms with Gasteiger partial charge < -0.3 is 0 Å². The van der Waals surface area contributed by atoms with Crippen LogP contribution in [-0.4, -0.2) is 14.8 Å². The largest absolute Gasteiger partial charge is 0.235 e. The lowest BCUT2D eigenvalue weighted by Crippen LogP contribution is -1.96. The first-order valence-electron chi connectivity index (χ1n) is 2.61. The summed E-state index contributed by atoms with van der Waals surface area (Å²) in [6, 6.07) is 0. The van der Waals surface area contributed by atoms with Gasteiger partial charge in [0.2, 0.25) is 4.73 Å². The summed E-state index contributed by atoms with van der Waals surface area (Å²) >= 11 is 6.38. The fourth-order valence-corrected chi connectivity index (χ4v) is 1.52. The predicted octanol–water partition coefficient (Wildman–Crippen LogP) is 1.99. The second-order valence-electron chi connectivity index (χ2n) is 1.62. The highest BCUT2D eigenvalue weighted by molar-refractivity contribution is 9.11. The summed E-state index contributed by atoms with van der Waals surface area (Å²) in [5, 5.41) is 4.00. The maximum atomic E-state index is 4.00. The number of allylic oxidation sites excluding steroid dienone is 1. The maximum Gasteiger partial charge on any atom is 0.218 e. The van der Waals surface area contributed by atoms with Gasteiger partial charge in [-0.05, 0) is 31.9 Å². The van der Waals surface area contributed by atoms with Gasteiger partial charge in [0, 0.05) is 0 Å². The highest BCUT2D eigenvalue weighted by Gasteiger charge is 2.01. The average Bonchev–Trinajstić information content (AvgIpc) is 2.13. The molecular weight excluding hydrogens is 262 g/mol. The van der Waals surface area contributed by atoms with E-state index in [1.807, 2.05) is 0 Å². The standard InChI is InChI=1S/C5H5Br2N3/c1-2-3-10-5(7)8-4(6)9-10/h2H,1,3H2. The quantitative estimate of drug-likeness (QED) is 0.767. The van der Waals surface area contributed by atoms with Gasteiger partial charge in [-0.25, -0.2) is 4.68 Å². The topological polar surface area (TPSA) is 30.7 Å². The summed E-state index contributed by atoms with van der Waals surface area (Å²) in [4.78, 5) is 3.97. The molecule has 0 fully saturated rings. The van der Waals surface area contributed by atoms with Crippen molar-refractivity contribution in [1.82, 2.24) is 14.8 Å². The summed E-state index contributed by atoms with van der Waals surface area (Å²) in [7, 11) is 0. The number of hydrogen-bond acceptors (Lipinski definition) is 2. The van der Waals surface area contributed by atoms with Crippen LogP contribution in [-0.2, 0) is 6.54 Å². The van der Waals surface area contributed by atoms with E-state index in [1.54, 1.807) is 10.8 Å². The van der Waals surface area contributed by atoms with E-state index in [2.05, 4.69) is 48.5 Å². The Labute approximate surface area is 75.4 Å². The number of hydrogen-bond donors (Lipinski definition) is 0. The zero-order valence-electron chi connectivity index (χ0n) is 5.09. The van der Waals surface area contributed by atoms with E-state index in [0.717, 1.165) is 0 Å². The third-order valence-corrected chi connectivity index (χ3v) is 1.83. The zero-order valence-corrected chi connectivity index (χ0v) is 8.26. The van der Waals surface area contributed by atoms with E-state index >= 15 is 0 Å². The summed E-state index contributed by atoms with van der Waals surface area (Å²) in [6.45, 7) is 4.25. The fourth-order valence-electron chi connectivity index (χ4n) is 0.536. The average molecular weight is 267 g/mol. The van der Waals surface area contributed by atoms with Gasteiger partial charge in [-0.3, -0.25) is 0 Å². The molecule has 0 amide bonds. The minimum absolute atomic E-state index is 0.584. The van der Waals surface area contributed by atoms with Crippen molar-refractivity contribution in [2.75, 3.05) is 0 Å². The van der Waals surface area contributed by atoms with Crippen molar-refractivity contribution in [3.05, 3.63) is 22.1 Å². The fraction of sp³-hybridized carbons (Fsp3) is 0.200. The maximum absolute atomic E-state index is 4.00. The molecule has 0 N–H and O–H groups in total. The van der Waals surface area contributed by atoms with Crippen molar-refractivity contribution in [2.24, 2.45) is 0 Å². The monoisotopic (exact) mass is 265 g/mol. The molecule has 1 heterocycles. The molecule has 1 rings (SSSR count). The molecule has 3 nitrogen and oxygen atoms in total. The van der Waals surface area contributed by atoms with Crippen LogP contribution >= 0.6 is 31.9 Å². The molecule has 0 unspecified atom stereocenters. The second-order valence-corrected chi connectivity index (χ2v) is 3.04. The summed E-state index contributed by atoms with van der Waals surface area (Å²) in [5.74, 6) is 0. The zero-order chi connectivity index (χ0) is 7.56. The van der Waals surface area contributed by atoms with Gasteiger partial charge in [-0.1, -0.05) is 6.08 Å². The number of rotatable bonds is 2. The molecule has 1 aromatic heterocycles. The van der Waals surface area contributed by atoms with Crippen LogP contribution in [0.15, 0.2) is 22.1 Å². The molecule has 0 aliphatic rings. The van der Waals surface area contributed by atoms with Crippen LogP contribution in [0.1, 0.15) is 0 Å². The Morgan fingerprint density at radius 1 is 1.60 bits per heavy atom. The molecule has 1 aromatic rings. The van der Waals surface area contributed by atoms with E-state index in [1.165, 1.54) is 0 Å². The molecule has 10 heavy (non-hydrogen) atoms. The summed E-state index contributed by atoms with van der Waals surface area (Å²) < 4.78 is 2.98. The van der Waals surface area contributed by atoms with Crippen LogP contribution in [0.3, 0.4) is 0 Å². The van der Waals surface area contributed by atoms with Gasteiger partial charge in [0.05, 0.1) is 6.54 Å². The van der Waals surface area contributed by atoms with Crippen molar-refractivity contribution in [2.45, 2.75) is 6.54 Å². The first-order chi connectivity index (χ1) is 4.74. The number of halogens is 2. The van der Waals surface area contributed by atoms with Crippen molar-refractivity contribution < 1.29 is 0 Å². The Hall–Kier alpha value is -0.160. The second kappa shape index (κ2) is 3.30. The van der Waals surface area contributed by atoms with Gasteiger partial charge in [0.25, 0.3) is 0 Å². The smallest absolute Gasteiger partial charge is 0.218 e. The molecule has 54 valence electrons. The van der Waals surface area contributed by atoms with E-state index in [-0.39, 0.29) is 0 Å². The number of nitrogens with zero attached hydrogens (tertiary/aromatic N) is 3. The molecule has 0 saturated heterocycles.